The molecule has 146 valence electrons. The molecule has 1 fully saturated rings. The maximum Gasteiger partial charge on any atom is 0.223 e. The first-order valence-electron chi connectivity index (χ1n) is 9.62. The number of benzene rings is 1. The number of fused-ring (bicyclic) bond motifs is 1. The van der Waals surface area contributed by atoms with E-state index in [9.17, 15) is 4.79 Å². The van der Waals surface area contributed by atoms with E-state index in [0.29, 0.717) is 6.54 Å². The molecule has 3 aromatic rings. The fourth-order valence-electron chi connectivity index (χ4n) is 3.54. The third-order valence-corrected chi connectivity index (χ3v) is 6.12. The van der Waals surface area contributed by atoms with Crippen LogP contribution in [0, 0.1) is 5.92 Å². The number of rotatable bonds is 5. The van der Waals surface area contributed by atoms with Crippen LogP contribution >= 0.6 is 11.3 Å². The molecule has 6 nitrogen and oxygen atoms in total. The number of thiazole rings is 1. The van der Waals surface area contributed by atoms with Crippen LogP contribution in [-0.4, -0.2) is 42.6 Å². The lowest BCUT2D eigenvalue weighted by Crippen LogP contribution is -2.40. The number of aromatic nitrogens is 2. The highest BCUT2D eigenvalue weighted by Crippen LogP contribution is 2.32. The van der Waals surface area contributed by atoms with Crippen molar-refractivity contribution < 1.29 is 9.53 Å². The minimum absolute atomic E-state index is 0.114. The van der Waals surface area contributed by atoms with Gasteiger partial charge in [-0.3, -0.25) is 4.79 Å². The Bertz CT molecular complexity index is 979. The Morgan fingerprint density at radius 1 is 1.25 bits per heavy atom. The van der Waals surface area contributed by atoms with E-state index in [1.165, 1.54) is 0 Å². The van der Waals surface area contributed by atoms with Crippen molar-refractivity contribution in [1.29, 1.82) is 0 Å². The maximum atomic E-state index is 12.0. The SMILES string of the molecule is CCNC(=O)C1CCN(c2nc3ccc(-c4cccc(OC)c4)nc3s2)CC1. The Morgan fingerprint density at radius 2 is 2.07 bits per heavy atom. The predicted molar refractivity (Wildman–Crippen MR) is 113 cm³/mol. The minimum atomic E-state index is 0.114. The lowest BCUT2D eigenvalue weighted by Gasteiger charge is -2.30. The van der Waals surface area contributed by atoms with Gasteiger partial charge in [-0.05, 0) is 44.0 Å². The summed E-state index contributed by atoms with van der Waals surface area (Å²) in [5.41, 5.74) is 2.85. The first kappa shape index (κ1) is 18.7. The second-order valence-electron chi connectivity index (χ2n) is 6.91. The Morgan fingerprint density at radius 3 is 2.82 bits per heavy atom. The number of anilines is 1. The molecular weight excluding hydrogens is 372 g/mol. The number of methoxy groups -OCH3 is 1. The zero-order valence-electron chi connectivity index (χ0n) is 16.1. The Labute approximate surface area is 168 Å². The molecule has 7 heteroatoms. The molecule has 2 aromatic heterocycles. The summed E-state index contributed by atoms with van der Waals surface area (Å²) in [4.78, 5) is 24.8. The summed E-state index contributed by atoms with van der Waals surface area (Å²) in [6.07, 6.45) is 1.73. The van der Waals surface area contributed by atoms with Gasteiger partial charge in [-0.15, -0.1) is 0 Å². The first-order chi connectivity index (χ1) is 13.7. The largest absolute Gasteiger partial charge is 0.497 e. The van der Waals surface area contributed by atoms with Gasteiger partial charge in [0, 0.05) is 31.1 Å². The number of carbonyl (C=O) groups is 1. The van der Waals surface area contributed by atoms with Crippen molar-refractivity contribution in [3.05, 3.63) is 36.4 Å². The molecule has 1 aromatic carbocycles. The van der Waals surface area contributed by atoms with Gasteiger partial charge >= 0.3 is 0 Å². The zero-order chi connectivity index (χ0) is 19.5. The monoisotopic (exact) mass is 396 g/mol. The fraction of sp³-hybridized carbons (Fsp3) is 0.381. The van der Waals surface area contributed by atoms with Crippen molar-refractivity contribution in [2.24, 2.45) is 5.92 Å². The predicted octanol–water partition coefficient (Wildman–Crippen LogP) is 3.72. The lowest BCUT2D eigenvalue weighted by molar-refractivity contribution is -0.125. The molecule has 0 bridgehead atoms. The average molecular weight is 397 g/mol. The highest BCUT2D eigenvalue weighted by atomic mass is 32.1. The van der Waals surface area contributed by atoms with Crippen LogP contribution in [0.25, 0.3) is 21.6 Å². The molecule has 28 heavy (non-hydrogen) atoms. The molecule has 4 rings (SSSR count). The molecule has 1 amide bonds. The van der Waals surface area contributed by atoms with Crippen molar-refractivity contribution in [1.82, 2.24) is 15.3 Å². The van der Waals surface area contributed by atoms with E-state index in [4.69, 9.17) is 14.7 Å². The van der Waals surface area contributed by atoms with E-state index in [2.05, 4.69) is 10.2 Å². The highest BCUT2D eigenvalue weighted by Gasteiger charge is 2.26. The van der Waals surface area contributed by atoms with Crippen LogP contribution in [0.1, 0.15) is 19.8 Å². The summed E-state index contributed by atoms with van der Waals surface area (Å²) in [5, 5.41) is 3.92. The van der Waals surface area contributed by atoms with E-state index in [1.54, 1.807) is 18.4 Å². The zero-order valence-corrected chi connectivity index (χ0v) is 17.0. The molecule has 0 saturated carbocycles. The summed E-state index contributed by atoms with van der Waals surface area (Å²) >= 11 is 1.61. The molecule has 1 aliphatic heterocycles. The van der Waals surface area contributed by atoms with E-state index in [0.717, 1.165) is 58.4 Å². The van der Waals surface area contributed by atoms with Gasteiger partial charge in [-0.25, -0.2) is 9.97 Å². The molecule has 0 spiro atoms. The number of pyridine rings is 1. The average Bonchev–Trinajstić information content (AvgIpc) is 3.17. The summed E-state index contributed by atoms with van der Waals surface area (Å²) in [6.45, 7) is 4.36. The summed E-state index contributed by atoms with van der Waals surface area (Å²) in [6, 6.07) is 11.9. The van der Waals surface area contributed by atoms with Crippen molar-refractivity contribution in [2.45, 2.75) is 19.8 Å². The molecule has 1 aliphatic rings. The molecule has 0 aliphatic carbocycles. The number of hydrogen-bond acceptors (Lipinski definition) is 6. The Hall–Kier alpha value is -2.67. The topological polar surface area (TPSA) is 67.4 Å². The molecular formula is C21H24N4O2S. The van der Waals surface area contributed by atoms with E-state index >= 15 is 0 Å². The number of nitrogens with one attached hydrogen (secondary N) is 1. The van der Waals surface area contributed by atoms with Crippen LogP contribution in [0.5, 0.6) is 5.75 Å². The second-order valence-corrected chi connectivity index (χ2v) is 7.86. The number of ether oxygens (including phenoxy) is 1. The normalized spacial score (nSPS) is 15.0. The second kappa shape index (κ2) is 8.14. The van der Waals surface area contributed by atoms with Crippen LogP contribution in [0.15, 0.2) is 36.4 Å². The quantitative estimate of drug-likeness (QED) is 0.712. The van der Waals surface area contributed by atoms with E-state index in [1.807, 2.05) is 43.3 Å². The Kier molecular flexibility index (Phi) is 5.43. The van der Waals surface area contributed by atoms with Gasteiger partial charge in [0.05, 0.1) is 12.8 Å². The van der Waals surface area contributed by atoms with Gasteiger partial charge < -0.3 is 15.0 Å². The summed E-state index contributed by atoms with van der Waals surface area (Å²) in [5.74, 6) is 1.11. The van der Waals surface area contributed by atoms with Gasteiger partial charge in [0.25, 0.3) is 0 Å². The van der Waals surface area contributed by atoms with Crippen LogP contribution in [0.2, 0.25) is 0 Å². The number of nitrogens with zero attached hydrogens (tertiary/aromatic N) is 3. The number of piperidine rings is 1. The number of hydrogen-bond donors (Lipinski definition) is 1. The van der Waals surface area contributed by atoms with Crippen LogP contribution in [-0.2, 0) is 4.79 Å². The molecule has 0 atom stereocenters. The van der Waals surface area contributed by atoms with Crippen LogP contribution in [0.3, 0.4) is 0 Å². The first-order valence-corrected chi connectivity index (χ1v) is 10.4. The molecule has 0 radical (unpaired) electrons. The third kappa shape index (κ3) is 3.80. The third-order valence-electron chi connectivity index (χ3n) is 5.10. The van der Waals surface area contributed by atoms with Crippen molar-refractivity contribution in [2.75, 3.05) is 31.6 Å². The fourth-order valence-corrected chi connectivity index (χ4v) is 4.53. The van der Waals surface area contributed by atoms with Crippen LogP contribution < -0.4 is 15.0 Å². The molecule has 0 unspecified atom stereocenters. The minimum Gasteiger partial charge on any atom is -0.497 e. The molecule has 1 N–H and O–H groups in total. The summed E-state index contributed by atoms with van der Waals surface area (Å²) < 4.78 is 5.32. The van der Waals surface area contributed by atoms with E-state index < -0.39 is 0 Å². The van der Waals surface area contributed by atoms with E-state index in [-0.39, 0.29) is 11.8 Å². The smallest absolute Gasteiger partial charge is 0.223 e. The van der Waals surface area contributed by atoms with Crippen molar-refractivity contribution >= 4 is 32.7 Å². The standard InChI is InChI=1S/C21H24N4O2S/c1-3-22-19(26)14-9-11-25(12-10-14)21-24-18-8-7-17(23-20(18)28-21)15-5-4-6-16(13-15)27-2/h4-8,13-14H,3,9-12H2,1-2H3,(H,22,26). The van der Waals surface area contributed by atoms with Gasteiger partial charge in [0.15, 0.2) is 5.13 Å². The van der Waals surface area contributed by atoms with Gasteiger partial charge in [0.1, 0.15) is 16.1 Å². The van der Waals surface area contributed by atoms with Gasteiger partial charge in [-0.1, -0.05) is 23.5 Å². The van der Waals surface area contributed by atoms with Gasteiger partial charge in [-0.2, -0.15) is 0 Å². The van der Waals surface area contributed by atoms with Gasteiger partial charge in [0.2, 0.25) is 5.91 Å². The highest BCUT2D eigenvalue weighted by molar-refractivity contribution is 7.21. The van der Waals surface area contributed by atoms with Crippen molar-refractivity contribution in [3.63, 3.8) is 0 Å². The molecule has 3 heterocycles. The number of amides is 1. The maximum absolute atomic E-state index is 12.0. The Balaban J connectivity index is 1.52. The van der Waals surface area contributed by atoms with Crippen LogP contribution in [0.4, 0.5) is 5.13 Å². The summed E-state index contributed by atoms with van der Waals surface area (Å²) in [7, 11) is 1.67. The van der Waals surface area contributed by atoms with Crippen molar-refractivity contribution in [3.8, 4) is 17.0 Å². The lowest BCUT2D eigenvalue weighted by atomic mass is 9.96. The molecule has 1 saturated heterocycles. The number of carbonyl (C=O) groups excluding carboxylic acids is 1.